The minimum atomic E-state index is -0.896. The van der Waals surface area contributed by atoms with Crippen LogP contribution in [0, 0.1) is 18.7 Å². The molecule has 1 aromatic rings. The van der Waals surface area contributed by atoms with Gasteiger partial charge in [-0.1, -0.05) is 6.07 Å². The van der Waals surface area contributed by atoms with Gasteiger partial charge in [0.15, 0.2) is 0 Å². The van der Waals surface area contributed by atoms with E-state index in [4.69, 9.17) is 5.11 Å². The van der Waals surface area contributed by atoms with Crippen molar-refractivity contribution in [2.24, 2.45) is 5.92 Å². The quantitative estimate of drug-likeness (QED) is 0.732. The first kappa shape index (κ1) is 11.9. The van der Waals surface area contributed by atoms with Gasteiger partial charge in [0.1, 0.15) is 11.6 Å². The first-order valence-electron chi connectivity index (χ1n) is 5.45. The van der Waals surface area contributed by atoms with Gasteiger partial charge in [-0.05, 0) is 25.0 Å². The van der Waals surface area contributed by atoms with E-state index in [1.54, 1.807) is 6.92 Å². The summed E-state index contributed by atoms with van der Waals surface area (Å²) in [6.45, 7) is 1.98. The first-order valence-corrected chi connectivity index (χ1v) is 5.45. The van der Waals surface area contributed by atoms with Crippen LogP contribution in [0.15, 0.2) is 12.1 Å². The maximum Gasteiger partial charge on any atom is 0.307 e. The SMILES string of the molecule is Cc1ccc(F)c(C2CC(C(=O)O)CN2)c1O. The third-order valence-electron chi connectivity index (χ3n) is 3.19. The molecule has 17 heavy (non-hydrogen) atoms. The molecule has 2 rings (SSSR count). The Hall–Kier alpha value is -1.62. The summed E-state index contributed by atoms with van der Waals surface area (Å²) in [7, 11) is 0. The number of hydrogen-bond donors (Lipinski definition) is 3. The van der Waals surface area contributed by atoms with E-state index in [1.807, 2.05) is 0 Å². The van der Waals surface area contributed by atoms with Gasteiger partial charge in [-0.25, -0.2) is 4.39 Å². The fourth-order valence-corrected chi connectivity index (χ4v) is 2.17. The highest BCUT2D eigenvalue weighted by atomic mass is 19.1. The number of nitrogens with one attached hydrogen (secondary N) is 1. The molecule has 0 saturated carbocycles. The number of aliphatic carboxylic acids is 1. The lowest BCUT2D eigenvalue weighted by molar-refractivity contribution is -0.141. The third-order valence-corrected chi connectivity index (χ3v) is 3.19. The van der Waals surface area contributed by atoms with Gasteiger partial charge in [0.25, 0.3) is 0 Å². The summed E-state index contributed by atoms with van der Waals surface area (Å²) in [6.07, 6.45) is 0.295. The van der Waals surface area contributed by atoms with Crippen molar-refractivity contribution >= 4 is 5.97 Å². The number of phenolic OH excluding ortho intramolecular Hbond substituents is 1. The van der Waals surface area contributed by atoms with Gasteiger partial charge >= 0.3 is 5.97 Å². The molecule has 92 valence electrons. The molecule has 1 aliphatic heterocycles. The van der Waals surface area contributed by atoms with E-state index >= 15 is 0 Å². The normalized spacial score (nSPS) is 23.9. The molecule has 0 spiro atoms. The Labute approximate surface area is 98.1 Å². The highest BCUT2D eigenvalue weighted by Gasteiger charge is 2.33. The highest BCUT2D eigenvalue weighted by molar-refractivity contribution is 5.71. The van der Waals surface area contributed by atoms with Gasteiger partial charge < -0.3 is 15.5 Å². The Bertz CT molecular complexity index is 461. The Morgan fingerprint density at radius 2 is 2.24 bits per heavy atom. The van der Waals surface area contributed by atoms with E-state index < -0.39 is 23.7 Å². The Morgan fingerprint density at radius 1 is 1.53 bits per heavy atom. The fraction of sp³-hybridized carbons (Fsp3) is 0.417. The van der Waals surface area contributed by atoms with E-state index in [0.717, 1.165) is 0 Å². The van der Waals surface area contributed by atoms with Crippen LogP contribution in [-0.2, 0) is 4.79 Å². The summed E-state index contributed by atoms with van der Waals surface area (Å²) in [5.41, 5.74) is 0.760. The second-order valence-electron chi connectivity index (χ2n) is 4.36. The Morgan fingerprint density at radius 3 is 2.82 bits per heavy atom. The van der Waals surface area contributed by atoms with E-state index in [0.29, 0.717) is 18.5 Å². The second-order valence-corrected chi connectivity index (χ2v) is 4.36. The number of benzene rings is 1. The summed E-state index contributed by atoms with van der Waals surface area (Å²) >= 11 is 0. The fourth-order valence-electron chi connectivity index (χ4n) is 2.17. The molecule has 0 aromatic heterocycles. The van der Waals surface area contributed by atoms with Crippen molar-refractivity contribution in [1.29, 1.82) is 0 Å². The van der Waals surface area contributed by atoms with Crippen molar-refractivity contribution < 1.29 is 19.4 Å². The molecule has 1 saturated heterocycles. The van der Waals surface area contributed by atoms with Crippen molar-refractivity contribution in [1.82, 2.24) is 5.32 Å². The number of aryl methyl sites for hydroxylation is 1. The molecule has 3 N–H and O–H groups in total. The lowest BCUT2D eigenvalue weighted by Gasteiger charge is -2.15. The number of phenols is 1. The molecule has 1 aliphatic rings. The maximum atomic E-state index is 13.7. The summed E-state index contributed by atoms with van der Waals surface area (Å²) in [5, 5.41) is 21.6. The molecule has 2 atom stereocenters. The number of halogens is 1. The van der Waals surface area contributed by atoms with Crippen LogP contribution in [0.2, 0.25) is 0 Å². The zero-order valence-corrected chi connectivity index (χ0v) is 9.40. The molecule has 1 aromatic carbocycles. The number of carboxylic acids is 1. The van der Waals surface area contributed by atoms with Crippen molar-refractivity contribution in [2.45, 2.75) is 19.4 Å². The average molecular weight is 239 g/mol. The summed E-state index contributed by atoms with van der Waals surface area (Å²) in [5.74, 6) is -2.02. The van der Waals surface area contributed by atoms with E-state index in [9.17, 15) is 14.3 Å². The number of rotatable bonds is 2. The van der Waals surface area contributed by atoms with E-state index in [1.165, 1.54) is 12.1 Å². The molecule has 0 radical (unpaired) electrons. The number of carbonyl (C=O) groups is 1. The van der Waals surface area contributed by atoms with Crippen LogP contribution < -0.4 is 5.32 Å². The van der Waals surface area contributed by atoms with Crippen LogP contribution in [-0.4, -0.2) is 22.7 Å². The third kappa shape index (κ3) is 2.10. The zero-order chi connectivity index (χ0) is 12.6. The predicted molar refractivity (Wildman–Crippen MR) is 59.3 cm³/mol. The predicted octanol–water partition coefficient (Wildman–Crippen LogP) is 1.57. The molecular formula is C12H14FNO3. The number of hydrogen-bond acceptors (Lipinski definition) is 3. The standard InChI is InChI=1S/C12H14FNO3/c1-6-2-3-8(13)10(11(6)15)9-4-7(5-14-9)12(16)17/h2-3,7,9,14-15H,4-5H2,1H3,(H,16,17). The monoisotopic (exact) mass is 239 g/mol. The lowest BCUT2D eigenvalue weighted by atomic mass is 9.97. The van der Waals surface area contributed by atoms with Crippen molar-refractivity contribution in [3.8, 4) is 5.75 Å². The van der Waals surface area contributed by atoms with E-state index in [2.05, 4.69) is 5.32 Å². The highest BCUT2D eigenvalue weighted by Crippen LogP contribution is 2.36. The van der Waals surface area contributed by atoms with Crippen LogP contribution >= 0.6 is 0 Å². The van der Waals surface area contributed by atoms with Gasteiger partial charge in [0, 0.05) is 18.2 Å². The van der Waals surface area contributed by atoms with Crippen molar-refractivity contribution in [3.05, 3.63) is 29.1 Å². The zero-order valence-electron chi connectivity index (χ0n) is 9.40. The number of aromatic hydroxyl groups is 1. The van der Waals surface area contributed by atoms with Crippen molar-refractivity contribution in [2.75, 3.05) is 6.54 Å². The van der Waals surface area contributed by atoms with Crippen LogP contribution in [0.4, 0.5) is 4.39 Å². The largest absolute Gasteiger partial charge is 0.507 e. The maximum absolute atomic E-state index is 13.7. The van der Waals surface area contributed by atoms with Gasteiger partial charge in [0.2, 0.25) is 0 Å². The summed E-state index contributed by atoms with van der Waals surface area (Å²) < 4.78 is 13.7. The van der Waals surface area contributed by atoms with Gasteiger partial charge in [0.05, 0.1) is 5.92 Å². The van der Waals surface area contributed by atoms with Gasteiger partial charge in [-0.3, -0.25) is 4.79 Å². The summed E-state index contributed by atoms with van der Waals surface area (Å²) in [6, 6.07) is 2.36. The minimum Gasteiger partial charge on any atom is -0.507 e. The van der Waals surface area contributed by atoms with Crippen LogP contribution in [0.1, 0.15) is 23.6 Å². The lowest BCUT2D eigenvalue weighted by Crippen LogP contribution is -2.17. The molecule has 4 nitrogen and oxygen atoms in total. The topological polar surface area (TPSA) is 69.6 Å². The molecule has 1 fully saturated rings. The van der Waals surface area contributed by atoms with Crippen LogP contribution in [0.25, 0.3) is 0 Å². The van der Waals surface area contributed by atoms with Crippen LogP contribution in [0.3, 0.4) is 0 Å². The Balaban J connectivity index is 2.30. The molecule has 0 bridgehead atoms. The molecule has 2 unspecified atom stereocenters. The average Bonchev–Trinajstić information content (AvgIpc) is 2.73. The smallest absolute Gasteiger partial charge is 0.307 e. The van der Waals surface area contributed by atoms with Crippen molar-refractivity contribution in [3.63, 3.8) is 0 Å². The minimum absolute atomic E-state index is 0.0893. The molecule has 1 heterocycles. The first-order chi connectivity index (χ1) is 8.00. The van der Waals surface area contributed by atoms with Gasteiger partial charge in [-0.2, -0.15) is 0 Å². The molecule has 5 heteroatoms. The molecule has 0 amide bonds. The van der Waals surface area contributed by atoms with E-state index in [-0.39, 0.29) is 11.3 Å². The molecular weight excluding hydrogens is 225 g/mol. The molecule has 0 aliphatic carbocycles. The number of carboxylic acid groups (broad SMARTS) is 1. The van der Waals surface area contributed by atoms with Crippen LogP contribution in [0.5, 0.6) is 5.75 Å². The second kappa shape index (κ2) is 4.33. The Kier molecular flexibility index (Phi) is 3.02. The summed E-state index contributed by atoms with van der Waals surface area (Å²) in [4.78, 5) is 10.8. The van der Waals surface area contributed by atoms with Gasteiger partial charge in [-0.15, -0.1) is 0 Å².